The van der Waals surface area contributed by atoms with Crippen LogP contribution in [0.2, 0.25) is 0 Å². The molecule has 0 spiro atoms. The molecule has 1 aromatic carbocycles. The maximum Gasteiger partial charge on any atom is 0.230 e. The van der Waals surface area contributed by atoms with Crippen molar-refractivity contribution >= 4 is 23.1 Å². The zero-order valence-corrected chi connectivity index (χ0v) is 12.8. The second-order valence-corrected chi connectivity index (χ2v) is 4.74. The third kappa shape index (κ3) is 4.09. The Labute approximate surface area is 124 Å². The van der Waals surface area contributed by atoms with E-state index in [4.69, 9.17) is 27.4 Å². The van der Waals surface area contributed by atoms with Crippen molar-refractivity contribution in [3.8, 4) is 11.5 Å². The minimum atomic E-state index is -0.426. The molecule has 1 rings (SSSR count). The molecule has 0 aliphatic carbocycles. The van der Waals surface area contributed by atoms with Gasteiger partial charge in [-0.15, -0.1) is 0 Å². The van der Waals surface area contributed by atoms with Crippen molar-refractivity contribution in [1.82, 2.24) is 5.32 Å². The number of carbonyl (C=O) groups is 1. The van der Waals surface area contributed by atoms with E-state index in [-0.39, 0.29) is 10.9 Å². The van der Waals surface area contributed by atoms with Crippen LogP contribution in [0.3, 0.4) is 0 Å². The monoisotopic (exact) mass is 296 g/mol. The van der Waals surface area contributed by atoms with Crippen LogP contribution in [0.25, 0.3) is 0 Å². The summed E-state index contributed by atoms with van der Waals surface area (Å²) in [6.07, 6.45) is 0.590. The summed E-state index contributed by atoms with van der Waals surface area (Å²) in [7, 11) is 3.15. The van der Waals surface area contributed by atoms with E-state index >= 15 is 0 Å². The van der Waals surface area contributed by atoms with Gasteiger partial charge in [-0.05, 0) is 24.1 Å². The van der Waals surface area contributed by atoms with Crippen LogP contribution in [-0.2, 0) is 11.3 Å². The van der Waals surface area contributed by atoms with E-state index in [0.717, 1.165) is 5.56 Å². The molecule has 0 bridgehead atoms. The Balaban J connectivity index is 2.70. The van der Waals surface area contributed by atoms with Gasteiger partial charge in [0.25, 0.3) is 0 Å². The summed E-state index contributed by atoms with van der Waals surface area (Å²) < 4.78 is 10.4. The molecule has 0 saturated heterocycles. The maximum atomic E-state index is 11.9. The van der Waals surface area contributed by atoms with Crippen molar-refractivity contribution in [1.29, 1.82) is 0 Å². The number of methoxy groups -OCH3 is 2. The molecule has 20 heavy (non-hydrogen) atoms. The Morgan fingerprint density at radius 2 is 2.00 bits per heavy atom. The Morgan fingerprint density at radius 1 is 1.35 bits per heavy atom. The lowest BCUT2D eigenvalue weighted by Crippen LogP contribution is -2.37. The zero-order valence-electron chi connectivity index (χ0n) is 11.9. The highest BCUT2D eigenvalue weighted by Gasteiger charge is 2.18. The van der Waals surface area contributed by atoms with Gasteiger partial charge in [0.15, 0.2) is 11.5 Å². The molecule has 0 radical (unpaired) electrons. The average Bonchev–Trinajstić information content (AvgIpc) is 2.45. The first-order valence-corrected chi connectivity index (χ1v) is 6.72. The molecule has 0 saturated carbocycles. The summed E-state index contributed by atoms with van der Waals surface area (Å²) in [6.45, 7) is 2.26. The normalized spacial score (nSPS) is 11.6. The van der Waals surface area contributed by atoms with E-state index in [2.05, 4.69) is 5.32 Å². The van der Waals surface area contributed by atoms with Gasteiger partial charge in [0.1, 0.15) is 0 Å². The Kier molecular flexibility index (Phi) is 6.24. The second kappa shape index (κ2) is 7.69. The van der Waals surface area contributed by atoms with Gasteiger partial charge < -0.3 is 20.5 Å². The topological polar surface area (TPSA) is 73.6 Å². The molecule has 1 atom stereocenters. The number of ether oxygens (including phenoxy) is 2. The quantitative estimate of drug-likeness (QED) is 0.748. The molecule has 0 aromatic heterocycles. The molecule has 0 aliphatic heterocycles. The van der Waals surface area contributed by atoms with E-state index in [1.165, 1.54) is 0 Å². The van der Waals surface area contributed by atoms with Gasteiger partial charge in [-0.2, -0.15) is 0 Å². The van der Waals surface area contributed by atoms with Crippen LogP contribution >= 0.6 is 12.2 Å². The number of thiocarbonyl (C=S) groups is 1. The SMILES string of the molecule is CCC(C(=O)NCc1ccc(OC)c(OC)c1)C(N)=S. The summed E-state index contributed by atoms with van der Waals surface area (Å²) in [5.41, 5.74) is 6.45. The summed E-state index contributed by atoms with van der Waals surface area (Å²) >= 11 is 4.88. The molecule has 6 heteroatoms. The number of hydrogen-bond acceptors (Lipinski definition) is 4. The van der Waals surface area contributed by atoms with Crippen LogP contribution in [0.5, 0.6) is 11.5 Å². The van der Waals surface area contributed by atoms with E-state index in [1.807, 2.05) is 19.1 Å². The van der Waals surface area contributed by atoms with Crippen LogP contribution in [0.1, 0.15) is 18.9 Å². The highest BCUT2D eigenvalue weighted by atomic mass is 32.1. The lowest BCUT2D eigenvalue weighted by Gasteiger charge is -2.14. The van der Waals surface area contributed by atoms with Crippen molar-refractivity contribution in [2.24, 2.45) is 11.7 Å². The van der Waals surface area contributed by atoms with Crippen molar-refractivity contribution < 1.29 is 14.3 Å². The molecular formula is C14H20N2O3S. The van der Waals surface area contributed by atoms with E-state index < -0.39 is 5.92 Å². The molecule has 0 fully saturated rings. The first-order chi connectivity index (χ1) is 9.53. The molecule has 0 aliphatic rings. The fraction of sp³-hybridized carbons (Fsp3) is 0.429. The lowest BCUT2D eigenvalue weighted by atomic mass is 10.1. The fourth-order valence-electron chi connectivity index (χ4n) is 1.82. The number of hydrogen-bond donors (Lipinski definition) is 2. The molecule has 1 aromatic rings. The van der Waals surface area contributed by atoms with Crippen molar-refractivity contribution in [3.05, 3.63) is 23.8 Å². The smallest absolute Gasteiger partial charge is 0.230 e. The van der Waals surface area contributed by atoms with Gasteiger partial charge in [-0.3, -0.25) is 4.79 Å². The Hall–Kier alpha value is -1.82. The van der Waals surface area contributed by atoms with Crippen molar-refractivity contribution in [2.75, 3.05) is 14.2 Å². The minimum absolute atomic E-state index is 0.158. The maximum absolute atomic E-state index is 11.9. The summed E-state index contributed by atoms with van der Waals surface area (Å²) in [5, 5.41) is 2.82. The number of nitrogens with one attached hydrogen (secondary N) is 1. The van der Waals surface area contributed by atoms with Crippen molar-refractivity contribution in [3.63, 3.8) is 0 Å². The molecule has 3 N–H and O–H groups in total. The van der Waals surface area contributed by atoms with Crippen LogP contribution < -0.4 is 20.5 Å². The largest absolute Gasteiger partial charge is 0.493 e. The first-order valence-electron chi connectivity index (χ1n) is 6.31. The van der Waals surface area contributed by atoms with Gasteiger partial charge >= 0.3 is 0 Å². The third-order valence-electron chi connectivity index (χ3n) is 2.98. The van der Waals surface area contributed by atoms with Crippen molar-refractivity contribution in [2.45, 2.75) is 19.9 Å². The van der Waals surface area contributed by atoms with E-state index in [0.29, 0.717) is 24.5 Å². The molecule has 0 heterocycles. The third-order valence-corrected chi connectivity index (χ3v) is 3.27. The van der Waals surface area contributed by atoms with Crippen LogP contribution in [0.4, 0.5) is 0 Å². The molecule has 5 nitrogen and oxygen atoms in total. The first kappa shape index (κ1) is 16.2. The molecular weight excluding hydrogens is 276 g/mol. The number of amides is 1. The summed E-state index contributed by atoms with van der Waals surface area (Å²) in [4.78, 5) is 12.2. The second-order valence-electron chi connectivity index (χ2n) is 4.27. The fourth-order valence-corrected chi connectivity index (χ4v) is 2.09. The lowest BCUT2D eigenvalue weighted by molar-refractivity contribution is -0.123. The van der Waals surface area contributed by atoms with Crippen LogP contribution in [0, 0.1) is 5.92 Å². The van der Waals surface area contributed by atoms with Gasteiger partial charge in [0.2, 0.25) is 5.91 Å². The molecule has 1 unspecified atom stereocenters. The van der Waals surface area contributed by atoms with Gasteiger partial charge in [0.05, 0.1) is 25.1 Å². The van der Waals surface area contributed by atoms with Gasteiger partial charge in [-0.1, -0.05) is 25.2 Å². The highest BCUT2D eigenvalue weighted by Crippen LogP contribution is 2.27. The van der Waals surface area contributed by atoms with Crippen LogP contribution in [0.15, 0.2) is 18.2 Å². The van der Waals surface area contributed by atoms with Gasteiger partial charge in [-0.25, -0.2) is 0 Å². The van der Waals surface area contributed by atoms with E-state index in [9.17, 15) is 4.79 Å². The predicted molar refractivity (Wildman–Crippen MR) is 82.0 cm³/mol. The molecule has 1 amide bonds. The zero-order chi connectivity index (χ0) is 15.1. The van der Waals surface area contributed by atoms with E-state index in [1.54, 1.807) is 20.3 Å². The summed E-state index contributed by atoms with van der Waals surface area (Å²) in [6, 6.07) is 5.48. The predicted octanol–water partition coefficient (Wildman–Crippen LogP) is 1.63. The standard InChI is InChI=1S/C14H20N2O3S/c1-4-10(13(15)20)14(17)16-8-9-5-6-11(18-2)12(7-9)19-3/h5-7,10H,4,8H2,1-3H3,(H2,15,20)(H,16,17). The molecule has 110 valence electrons. The average molecular weight is 296 g/mol. The Morgan fingerprint density at radius 3 is 2.50 bits per heavy atom. The summed E-state index contributed by atoms with van der Waals surface area (Å²) in [5.74, 6) is 0.692. The van der Waals surface area contributed by atoms with Gasteiger partial charge in [0, 0.05) is 6.54 Å². The number of benzene rings is 1. The van der Waals surface area contributed by atoms with Crippen LogP contribution in [-0.4, -0.2) is 25.1 Å². The number of rotatable bonds is 7. The minimum Gasteiger partial charge on any atom is -0.493 e. The number of carbonyl (C=O) groups excluding carboxylic acids is 1. The number of nitrogens with two attached hydrogens (primary N) is 1. The Bertz CT molecular complexity index is 491. The highest BCUT2D eigenvalue weighted by molar-refractivity contribution is 7.80.